The Morgan fingerprint density at radius 2 is 1.80 bits per heavy atom. The largest absolute Gasteiger partial charge is 0.504 e. The fourth-order valence-electron chi connectivity index (χ4n) is 3.66. The molecule has 164 valence electrons. The van der Waals surface area contributed by atoms with Gasteiger partial charge in [-0.15, -0.1) is 0 Å². The molecule has 0 saturated carbocycles. The highest BCUT2D eigenvalue weighted by atomic mass is 16.5. The Morgan fingerprint density at radius 3 is 2.43 bits per heavy atom. The molecule has 0 spiro atoms. The minimum absolute atomic E-state index is 0.00189. The van der Waals surface area contributed by atoms with Crippen LogP contribution in [0.15, 0.2) is 30.3 Å². The van der Waals surface area contributed by atoms with Gasteiger partial charge < -0.3 is 39.7 Å². The van der Waals surface area contributed by atoms with Crippen molar-refractivity contribution in [2.24, 2.45) is 0 Å². The van der Waals surface area contributed by atoms with E-state index >= 15 is 0 Å². The third kappa shape index (κ3) is 4.46. The van der Waals surface area contributed by atoms with Crippen LogP contribution in [0.2, 0.25) is 0 Å². The molecular formula is C22H28O8. The highest BCUT2D eigenvalue weighted by Crippen LogP contribution is 2.51. The first kappa shape index (κ1) is 22.2. The minimum atomic E-state index is -0.767. The van der Waals surface area contributed by atoms with Gasteiger partial charge in [-0.3, -0.25) is 0 Å². The van der Waals surface area contributed by atoms with Crippen LogP contribution in [0.4, 0.5) is 0 Å². The zero-order chi connectivity index (χ0) is 21.7. The lowest BCUT2D eigenvalue weighted by Gasteiger charge is -2.21. The van der Waals surface area contributed by atoms with Crippen molar-refractivity contribution >= 4 is 0 Å². The van der Waals surface area contributed by atoms with Gasteiger partial charge in [0.15, 0.2) is 23.0 Å². The van der Waals surface area contributed by atoms with Crippen LogP contribution in [-0.4, -0.2) is 65.2 Å². The van der Waals surface area contributed by atoms with Crippen LogP contribution in [0.1, 0.15) is 35.1 Å². The van der Waals surface area contributed by atoms with Crippen LogP contribution in [0.5, 0.6) is 23.0 Å². The number of phenolic OH excluding ortho intramolecular Hbond substituents is 1. The number of aliphatic hydroxyl groups is 4. The third-order valence-corrected chi connectivity index (χ3v) is 5.20. The number of aliphatic hydroxyl groups excluding tert-OH is 4. The van der Waals surface area contributed by atoms with Gasteiger partial charge in [-0.25, -0.2) is 0 Å². The lowest BCUT2D eigenvalue weighted by Crippen LogP contribution is -2.25. The van der Waals surface area contributed by atoms with Gasteiger partial charge in [0.1, 0.15) is 12.2 Å². The van der Waals surface area contributed by atoms with Crippen molar-refractivity contribution in [1.29, 1.82) is 0 Å². The molecule has 0 aromatic heterocycles. The highest BCUT2D eigenvalue weighted by molar-refractivity contribution is 5.55. The van der Waals surface area contributed by atoms with Crippen molar-refractivity contribution in [2.45, 2.75) is 31.0 Å². The third-order valence-electron chi connectivity index (χ3n) is 5.20. The monoisotopic (exact) mass is 420 g/mol. The number of hydrogen-bond acceptors (Lipinski definition) is 8. The van der Waals surface area contributed by atoms with Crippen molar-refractivity contribution in [1.82, 2.24) is 0 Å². The summed E-state index contributed by atoms with van der Waals surface area (Å²) < 4.78 is 17.0. The molecular weight excluding hydrogens is 392 g/mol. The quantitative estimate of drug-likeness (QED) is 0.389. The second-order valence-electron chi connectivity index (χ2n) is 7.20. The number of benzene rings is 2. The van der Waals surface area contributed by atoms with E-state index in [0.717, 1.165) is 16.7 Å². The van der Waals surface area contributed by atoms with Crippen molar-refractivity contribution in [3.05, 3.63) is 47.0 Å². The van der Waals surface area contributed by atoms with Gasteiger partial charge in [0.2, 0.25) is 0 Å². The molecule has 0 amide bonds. The molecule has 0 radical (unpaired) electrons. The highest BCUT2D eigenvalue weighted by Gasteiger charge is 2.37. The van der Waals surface area contributed by atoms with E-state index in [1.165, 1.54) is 7.11 Å². The zero-order valence-electron chi connectivity index (χ0n) is 16.8. The molecule has 3 rings (SSSR count). The first-order valence-electron chi connectivity index (χ1n) is 9.86. The predicted molar refractivity (Wildman–Crippen MR) is 108 cm³/mol. The van der Waals surface area contributed by atoms with Crippen LogP contribution in [0.25, 0.3) is 0 Å². The number of rotatable bonds is 10. The summed E-state index contributed by atoms with van der Waals surface area (Å²) in [6.07, 6.45) is -0.125. The summed E-state index contributed by atoms with van der Waals surface area (Å²) in [5, 5.41) is 48.0. The summed E-state index contributed by atoms with van der Waals surface area (Å²) in [6.45, 7) is -0.805. The lowest BCUT2D eigenvalue weighted by atomic mass is 9.90. The van der Waals surface area contributed by atoms with Gasteiger partial charge in [-0.1, -0.05) is 12.1 Å². The fraction of sp³-hybridized carbons (Fsp3) is 0.455. The molecule has 8 nitrogen and oxygen atoms in total. The molecule has 1 heterocycles. The molecule has 0 fully saturated rings. The number of aromatic hydroxyl groups is 1. The van der Waals surface area contributed by atoms with E-state index in [2.05, 4.69) is 0 Å². The molecule has 30 heavy (non-hydrogen) atoms. The second-order valence-corrected chi connectivity index (χ2v) is 7.20. The number of aryl methyl sites for hydroxylation is 1. The SMILES string of the molecule is COc1cc(C2Oc3c(O)cc(CCCO)cc3C2CO)ccc1OC(CO)CO. The molecule has 2 aromatic carbocycles. The summed E-state index contributed by atoms with van der Waals surface area (Å²) in [6, 6.07) is 8.64. The Hall–Kier alpha value is -2.52. The van der Waals surface area contributed by atoms with Crippen molar-refractivity contribution in [2.75, 3.05) is 33.5 Å². The van der Waals surface area contributed by atoms with Gasteiger partial charge in [0, 0.05) is 12.2 Å². The van der Waals surface area contributed by atoms with E-state index < -0.39 is 12.2 Å². The lowest BCUT2D eigenvalue weighted by molar-refractivity contribution is 0.0609. The summed E-state index contributed by atoms with van der Waals surface area (Å²) in [5.74, 6) is 0.705. The average molecular weight is 420 g/mol. The average Bonchev–Trinajstić information content (AvgIpc) is 3.15. The van der Waals surface area contributed by atoms with Crippen LogP contribution in [-0.2, 0) is 6.42 Å². The topological polar surface area (TPSA) is 129 Å². The summed E-state index contributed by atoms with van der Waals surface area (Å²) in [7, 11) is 1.48. The molecule has 0 aliphatic carbocycles. The van der Waals surface area contributed by atoms with Crippen LogP contribution < -0.4 is 14.2 Å². The van der Waals surface area contributed by atoms with E-state index in [4.69, 9.17) is 19.3 Å². The van der Waals surface area contributed by atoms with E-state index in [1.807, 2.05) is 6.07 Å². The van der Waals surface area contributed by atoms with E-state index in [1.54, 1.807) is 24.3 Å². The predicted octanol–water partition coefficient (Wildman–Crippen LogP) is 1.27. The number of methoxy groups -OCH3 is 1. The van der Waals surface area contributed by atoms with Gasteiger partial charge in [0.05, 0.1) is 32.8 Å². The molecule has 2 aromatic rings. The summed E-state index contributed by atoms with van der Waals surface area (Å²) >= 11 is 0. The minimum Gasteiger partial charge on any atom is -0.504 e. The first-order valence-corrected chi connectivity index (χ1v) is 9.86. The van der Waals surface area contributed by atoms with Crippen LogP contribution >= 0.6 is 0 Å². The van der Waals surface area contributed by atoms with Gasteiger partial charge in [-0.2, -0.15) is 0 Å². The van der Waals surface area contributed by atoms with E-state index in [0.29, 0.717) is 30.1 Å². The molecule has 8 heteroatoms. The molecule has 0 bridgehead atoms. The Balaban J connectivity index is 1.90. The number of phenols is 1. The molecule has 1 aliphatic rings. The fourth-order valence-corrected chi connectivity index (χ4v) is 3.66. The van der Waals surface area contributed by atoms with Crippen LogP contribution in [0, 0.1) is 0 Å². The molecule has 0 saturated heterocycles. The second kappa shape index (κ2) is 9.99. The maximum Gasteiger partial charge on any atom is 0.165 e. The van der Waals surface area contributed by atoms with Crippen molar-refractivity contribution in [3.63, 3.8) is 0 Å². The maximum absolute atomic E-state index is 10.4. The van der Waals surface area contributed by atoms with Gasteiger partial charge >= 0.3 is 0 Å². The number of hydrogen-bond donors (Lipinski definition) is 5. The number of fused-ring (bicyclic) bond motifs is 1. The molecule has 1 aliphatic heterocycles. The summed E-state index contributed by atoms with van der Waals surface area (Å²) in [4.78, 5) is 0. The smallest absolute Gasteiger partial charge is 0.165 e. The number of ether oxygens (including phenoxy) is 3. The van der Waals surface area contributed by atoms with E-state index in [-0.39, 0.29) is 38.1 Å². The van der Waals surface area contributed by atoms with Gasteiger partial charge in [0.25, 0.3) is 0 Å². The molecule has 2 unspecified atom stereocenters. The Morgan fingerprint density at radius 1 is 1.03 bits per heavy atom. The Bertz CT molecular complexity index is 849. The molecule has 2 atom stereocenters. The first-order chi connectivity index (χ1) is 14.6. The van der Waals surface area contributed by atoms with Crippen molar-refractivity contribution < 1.29 is 39.7 Å². The van der Waals surface area contributed by atoms with Gasteiger partial charge in [-0.05, 0) is 42.2 Å². The zero-order valence-corrected chi connectivity index (χ0v) is 16.8. The normalized spacial score (nSPS) is 17.7. The maximum atomic E-state index is 10.4. The van der Waals surface area contributed by atoms with E-state index in [9.17, 15) is 20.4 Å². The molecule has 5 N–H and O–H groups in total. The Kier molecular flexibility index (Phi) is 7.38. The standard InChI is InChI=1S/C22H28O8/c1-28-20-9-14(4-5-19(20)29-15(10-24)11-25)21-17(12-26)16-7-13(3-2-6-23)8-18(27)22(16)30-21/h4-5,7-9,15,17,21,23-27H,2-3,6,10-12H2,1H3. The van der Waals surface area contributed by atoms with Crippen LogP contribution in [0.3, 0.4) is 0 Å². The summed E-state index contributed by atoms with van der Waals surface area (Å²) in [5.41, 5.74) is 2.30. The van der Waals surface area contributed by atoms with Crippen molar-refractivity contribution in [3.8, 4) is 23.0 Å². The Labute approximate surface area is 174 Å².